The first-order chi connectivity index (χ1) is 14.6. The van der Waals surface area contributed by atoms with Crippen LogP contribution in [0, 0.1) is 5.92 Å². The van der Waals surface area contributed by atoms with Crippen LogP contribution in [0.4, 0.5) is 0 Å². The summed E-state index contributed by atoms with van der Waals surface area (Å²) in [7, 11) is 0. The van der Waals surface area contributed by atoms with Crippen molar-refractivity contribution in [3.63, 3.8) is 0 Å². The van der Waals surface area contributed by atoms with Crippen LogP contribution in [0.5, 0.6) is 0 Å². The minimum Gasteiger partial charge on any atom is -0.480 e. The monoisotopic (exact) mass is 431 g/mol. The standard InChI is InChI=1S/C21H29N5O5/c1-11(2)18(22)20(29)25-12(3)19(28)24-10-17(27)26-16(21(30)31)8-13-9-23-15-7-5-4-6-14(13)15/h4-7,9,11-12,16,18,23H,8,10,22H2,1-3H3,(H,24,28)(H,25,29)(H,26,27)(H,30,31). The summed E-state index contributed by atoms with van der Waals surface area (Å²) in [5.41, 5.74) is 7.36. The second kappa shape index (κ2) is 10.6. The molecule has 31 heavy (non-hydrogen) atoms. The van der Waals surface area contributed by atoms with Crippen molar-refractivity contribution in [2.24, 2.45) is 11.7 Å². The Kier molecular flexibility index (Phi) is 8.14. The molecular weight excluding hydrogens is 402 g/mol. The number of aliphatic carboxylic acids is 1. The average molecular weight is 431 g/mol. The van der Waals surface area contributed by atoms with Gasteiger partial charge in [0.2, 0.25) is 17.7 Å². The fourth-order valence-electron chi connectivity index (χ4n) is 2.96. The highest BCUT2D eigenvalue weighted by molar-refractivity contribution is 5.92. The molecule has 1 heterocycles. The third-order valence-electron chi connectivity index (χ3n) is 4.93. The van der Waals surface area contributed by atoms with Crippen molar-refractivity contribution in [1.82, 2.24) is 20.9 Å². The van der Waals surface area contributed by atoms with E-state index in [9.17, 15) is 24.3 Å². The van der Waals surface area contributed by atoms with Crippen molar-refractivity contribution in [1.29, 1.82) is 0 Å². The van der Waals surface area contributed by atoms with Gasteiger partial charge >= 0.3 is 5.97 Å². The molecule has 3 atom stereocenters. The van der Waals surface area contributed by atoms with Crippen molar-refractivity contribution in [3.05, 3.63) is 36.0 Å². The number of aromatic amines is 1. The molecule has 0 aliphatic carbocycles. The lowest BCUT2D eigenvalue weighted by Gasteiger charge is -2.19. The van der Waals surface area contributed by atoms with Crippen LogP contribution in [0.15, 0.2) is 30.5 Å². The zero-order valence-corrected chi connectivity index (χ0v) is 17.8. The van der Waals surface area contributed by atoms with Gasteiger partial charge in [0.15, 0.2) is 0 Å². The van der Waals surface area contributed by atoms with Crippen molar-refractivity contribution in [2.75, 3.05) is 6.54 Å². The van der Waals surface area contributed by atoms with Gasteiger partial charge in [-0.1, -0.05) is 32.0 Å². The van der Waals surface area contributed by atoms with Gasteiger partial charge < -0.3 is 31.8 Å². The molecular formula is C21H29N5O5. The molecule has 0 fully saturated rings. The van der Waals surface area contributed by atoms with E-state index in [1.165, 1.54) is 6.92 Å². The first-order valence-corrected chi connectivity index (χ1v) is 10.0. The highest BCUT2D eigenvalue weighted by Crippen LogP contribution is 2.19. The van der Waals surface area contributed by atoms with E-state index in [0.29, 0.717) is 0 Å². The lowest BCUT2D eigenvalue weighted by atomic mass is 10.0. The summed E-state index contributed by atoms with van der Waals surface area (Å²) in [5.74, 6) is -2.98. The van der Waals surface area contributed by atoms with E-state index in [1.807, 2.05) is 24.3 Å². The van der Waals surface area contributed by atoms with Crippen LogP contribution < -0.4 is 21.7 Å². The number of H-pyrrole nitrogens is 1. The SMILES string of the molecule is CC(NC(=O)C(N)C(C)C)C(=O)NCC(=O)NC(Cc1c[nH]c2ccccc12)C(=O)O. The molecule has 0 saturated carbocycles. The number of nitrogens with two attached hydrogens (primary N) is 1. The normalized spacial score (nSPS) is 14.0. The third-order valence-corrected chi connectivity index (χ3v) is 4.93. The molecule has 0 aliphatic rings. The Morgan fingerprint density at radius 2 is 1.74 bits per heavy atom. The maximum Gasteiger partial charge on any atom is 0.326 e. The summed E-state index contributed by atoms with van der Waals surface area (Å²) in [6.45, 7) is 4.62. The number of carboxylic acid groups (broad SMARTS) is 1. The third kappa shape index (κ3) is 6.54. The minimum atomic E-state index is -1.19. The van der Waals surface area contributed by atoms with Gasteiger partial charge in [-0.3, -0.25) is 14.4 Å². The molecule has 0 saturated heterocycles. The van der Waals surface area contributed by atoms with Gasteiger partial charge in [0, 0.05) is 23.5 Å². The molecule has 0 radical (unpaired) electrons. The van der Waals surface area contributed by atoms with Gasteiger partial charge in [-0.15, -0.1) is 0 Å². The maximum atomic E-state index is 12.2. The fourth-order valence-corrected chi connectivity index (χ4v) is 2.96. The summed E-state index contributed by atoms with van der Waals surface area (Å²) < 4.78 is 0. The number of fused-ring (bicyclic) bond motifs is 1. The first-order valence-electron chi connectivity index (χ1n) is 10.0. The van der Waals surface area contributed by atoms with Crippen LogP contribution in [-0.4, -0.2) is 58.5 Å². The van der Waals surface area contributed by atoms with Crippen molar-refractivity contribution in [2.45, 2.75) is 45.3 Å². The smallest absolute Gasteiger partial charge is 0.326 e. The lowest BCUT2D eigenvalue weighted by molar-refractivity contribution is -0.141. The summed E-state index contributed by atoms with van der Waals surface area (Å²) in [6, 6.07) is 4.63. The number of nitrogens with one attached hydrogen (secondary N) is 4. The van der Waals surface area contributed by atoms with Gasteiger partial charge in [0.1, 0.15) is 12.1 Å². The van der Waals surface area contributed by atoms with E-state index >= 15 is 0 Å². The molecule has 10 nitrogen and oxygen atoms in total. The molecule has 0 aliphatic heterocycles. The number of para-hydroxylation sites is 1. The topological polar surface area (TPSA) is 166 Å². The number of carbonyl (C=O) groups excluding carboxylic acids is 3. The molecule has 3 amide bonds. The molecule has 10 heteroatoms. The Hall–Kier alpha value is -3.40. The number of carboxylic acids is 1. The van der Waals surface area contributed by atoms with Gasteiger partial charge in [-0.2, -0.15) is 0 Å². The molecule has 7 N–H and O–H groups in total. The summed E-state index contributed by atoms with van der Waals surface area (Å²) >= 11 is 0. The van der Waals surface area contributed by atoms with Gasteiger partial charge in [0.25, 0.3) is 0 Å². The van der Waals surface area contributed by atoms with Crippen LogP contribution in [0.25, 0.3) is 10.9 Å². The molecule has 0 bridgehead atoms. The highest BCUT2D eigenvalue weighted by atomic mass is 16.4. The number of hydrogen-bond donors (Lipinski definition) is 6. The lowest BCUT2D eigenvalue weighted by Crippen LogP contribution is -2.53. The zero-order chi connectivity index (χ0) is 23.1. The molecule has 1 aromatic heterocycles. The first kappa shape index (κ1) is 23.9. The Bertz CT molecular complexity index is 955. The molecule has 0 spiro atoms. The fraction of sp³-hybridized carbons (Fsp3) is 0.429. The van der Waals surface area contributed by atoms with E-state index < -0.39 is 48.4 Å². The van der Waals surface area contributed by atoms with Crippen molar-refractivity contribution in [3.8, 4) is 0 Å². The van der Waals surface area contributed by atoms with Crippen LogP contribution in [0.3, 0.4) is 0 Å². The number of rotatable bonds is 10. The van der Waals surface area contributed by atoms with Gasteiger partial charge in [-0.25, -0.2) is 4.79 Å². The molecule has 1 aromatic carbocycles. The van der Waals surface area contributed by atoms with Crippen LogP contribution in [0.1, 0.15) is 26.3 Å². The van der Waals surface area contributed by atoms with Crippen molar-refractivity contribution < 1.29 is 24.3 Å². The second-order valence-electron chi connectivity index (χ2n) is 7.74. The predicted molar refractivity (Wildman–Crippen MR) is 115 cm³/mol. The van der Waals surface area contributed by atoms with Crippen molar-refractivity contribution >= 4 is 34.6 Å². The molecule has 2 aromatic rings. The summed E-state index contributed by atoms with van der Waals surface area (Å²) in [5, 5.41) is 17.6. The van der Waals surface area contributed by atoms with E-state index in [0.717, 1.165) is 16.5 Å². The number of carbonyl (C=O) groups is 4. The average Bonchev–Trinajstić information content (AvgIpc) is 3.13. The quantitative estimate of drug-likeness (QED) is 0.307. The van der Waals surface area contributed by atoms with Gasteiger partial charge in [-0.05, 0) is 24.5 Å². The van der Waals surface area contributed by atoms with Gasteiger partial charge in [0.05, 0.1) is 12.6 Å². The Morgan fingerprint density at radius 1 is 1.06 bits per heavy atom. The Balaban J connectivity index is 1.88. The predicted octanol–water partition coefficient (Wildman–Crippen LogP) is -0.116. The summed E-state index contributed by atoms with van der Waals surface area (Å²) in [4.78, 5) is 50.9. The number of aromatic nitrogens is 1. The minimum absolute atomic E-state index is 0.0819. The Labute approximate surface area is 179 Å². The van der Waals surface area contributed by atoms with E-state index in [2.05, 4.69) is 20.9 Å². The highest BCUT2D eigenvalue weighted by Gasteiger charge is 2.24. The van der Waals surface area contributed by atoms with Crippen LogP contribution in [0.2, 0.25) is 0 Å². The molecule has 3 unspecified atom stereocenters. The van der Waals surface area contributed by atoms with E-state index in [1.54, 1.807) is 20.0 Å². The van der Waals surface area contributed by atoms with Crippen LogP contribution >= 0.6 is 0 Å². The van der Waals surface area contributed by atoms with Crippen LogP contribution in [-0.2, 0) is 25.6 Å². The summed E-state index contributed by atoms with van der Waals surface area (Å²) in [6.07, 6.45) is 1.79. The largest absolute Gasteiger partial charge is 0.480 e. The number of benzene rings is 1. The Morgan fingerprint density at radius 3 is 2.39 bits per heavy atom. The van der Waals surface area contributed by atoms with E-state index in [-0.39, 0.29) is 12.3 Å². The molecule has 2 rings (SSSR count). The maximum absolute atomic E-state index is 12.2. The number of hydrogen-bond acceptors (Lipinski definition) is 5. The number of amides is 3. The van der Waals surface area contributed by atoms with E-state index in [4.69, 9.17) is 5.73 Å². The second-order valence-corrected chi connectivity index (χ2v) is 7.74. The molecule has 168 valence electrons. The zero-order valence-electron chi connectivity index (χ0n) is 17.8.